The molecule has 1 aromatic carbocycles. The topological polar surface area (TPSA) is 20.2 Å². The second kappa shape index (κ2) is 4.36. The van der Waals surface area contributed by atoms with Crippen LogP contribution in [-0.4, -0.2) is 5.11 Å². The van der Waals surface area contributed by atoms with Crippen LogP contribution in [0.1, 0.15) is 43.9 Å². The summed E-state index contributed by atoms with van der Waals surface area (Å²) in [6.45, 7) is 4.51. The van der Waals surface area contributed by atoms with Crippen molar-refractivity contribution in [2.75, 3.05) is 0 Å². The third kappa shape index (κ3) is 2.23. The second-order valence-corrected chi connectivity index (χ2v) is 4.99. The maximum Gasteiger partial charge on any atom is 0.0795 e. The zero-order valence-electron chi connectivity index (χ0n) is 9.61. The van der Waals surface area contributed by atoms with Crippen molar-refractivity contribution in [1.29, 1.82) is 0 Å². The van der Waals surface area contributed by atoms with Crippen LogP contribution in [0.2, 0.25) is 0 Å². The number of aliphatic hydroxyl groups is 1. The molecule has 0 fully saturated rings. The molecule has 0 aliphatic heterocycles. The van der Waals surface area contributed by atoms with Gasteiger partial charge in [0.15, 0.2) is 0 Å². The molecule has 15 heavy (non-hydrogen) atoms. The van der Waals surface area contributed by atoms with E-state index in [2.05, 4.69) is 32.0 Å². The Balaban J connectivity index is 2.24. The van der Waals surface area contributed by atoms with Crippen LogP contribution >= 0.6 is 0 Å². The molecule has 0 bridgehead atoms. The normalized spacial score (nSPS) is 26.1. The average Bonchev–Trinajstić information content (AvgIpc) is 2.39. The molecule has 0 aromatic heterocycles. The highest BCUT2D eigenvalue weighted by Crippen LogP contribution is 2.34. The molecule has 0 saturated heterocycles. The van der Waals surface area contributed by atoms with Gasteiger partial charge in [-0.1, -0.05) is 38.1 Å². The molecule has 1 heteroatoms. The van der Waals surface area contributed by atoms with Crippen LogP contribution in [0, 0.1) is 11.8 Å². The number of aliphatic hydroxyl groups excluding tert-OH is 1. The Bertz CT molecular complexity index is 330. The fourth-order valence-electron chi connectivity index (χ4n) is 2.56. The van der Waals surface area contributed by atoms with Gasteiger partial charge in [-0.2, -0.15) is 0 Å². The first kappa shape index (κ1) is 10.7. The molecule has 1 nitrogen and oxygen atoms in total. The van der Waals surface area contributed by atoms with Gasteiger partial charge in [-0.15, -0.1) is 0 Å². The van der Waals surface area contributed by atoms with Crippen molar-refractivity contribution < 1.29 is 5.11 Å². The predicted molar refractivity (Wildman–Crippen MR) is 62.7 cm³/mol. The van der Waals surface area contributed by atoms with Gasteiger partial charge in [0, 0.05) is 0 Å². The second-order valence-electron chi connectivity index (χ2n) is 4.99. The summed E-state index contributed by atoms with van der Waals surface area (Å²) in [7, 11) is 0. The Labute approximate surface area is 92.1 Å². The van der Waals surface area contributed by atoms with Gasteiger partial charge in [-0.25, -0.2) is 0 Å². The zero-order chi connectivity index (χ0) is 10.8. The predicted octanol–water partition coefficient (Wildman–Crippen LogP) is 3.33. The van der Waals surface area contributed by atoms with E-state index in [0.717, 1.165) is 18.4 Å². The van der Waals surface area contributed by atoms with Gasteiger partial charge < -0.3 is 5.11 Å². The number of hydrogen-bond acceptors (Lipinski definition) is 1. The van der Waals surface area contributed by atoms with Crippen LogP contribution < -0.4 is 0 Å². The lowest BCUT2D eigenvalue weighted by molar-refractivity contribution is 0.132. The Morgan fingerprint density at radius 2 is 2.00 bits per heavy atom. The molecule has 1 aromatic rings. The van der Waals surface area contributed by atoms with Gasteiger partial charge in [-0.3, -0.25) is 0 Å². The van der Waals surface area contributed by atoms with Gasteiger partial charge >= 0.3 is 0 Å². The molecule has 0 radical (unpaired) electrons. The van der Waals surface area contributed by atoms with Crippen LogP contribution in [0.5, 0.6) is 0 Å². The highest BCUT2D eigenvalue weighted by Gasteiger charge is 2.24. The van der Waals surface area contributed by atoms with Crippen LogP contribution in [-0.2, 0) is 6.42 Å². The van der Waals surface area contributed by atoms with Crippen molar-refractivity contribution >= 4 is 0 Å². The summed E-state index contributed by atoms with van der Waals surface area (Å²) in [5, 5.41) is 10.2. The number of aryl methyl sites for hydroxylation is 1. The summed E-state index contributed by atoms with van der Waals surface area (Å²) < 4.78 is 0. The van der Waals surface area contributed by atoms with Crippen molar-refractivity contribution in [3.05, 3.63) is 35.4 Å². The lowest BCUT2D eigenvalue weighted by Crippen LogP contribution is -2.11. The molecular formula is C14H20O. The van der Waals surface area contributed by atoms with Gasteiger partial charge in [-0.05, 0) is 42.2 Å². The van der Waals surface area contributed by atoms with Gasteiger partial charge in [0.1, 0.15) is 0 Å². The summed E-state index contributed by atoms with van der Waals surface area (Å²) in [6, 6.07) is 8.32. The molecule has 0 heterocycles. The third-order valence-electron chi connectivity index (χ3n) is 3.67. The maximum atomic E-state index is 10.2. The molecule has 0 spiro atoms. The standard InChI is InChI=1S/C14H20O/c1-10(2)12-8-7-11-5-3-4-6-13(11)14(15)9-12/h3-6,10,12,14-15H,7-9H2,1-2H3/t12?,14-/m0/s1. The van der Waals surface area contributed by atoms with Crippen LogP contribution in [0.4, 0.5) is 0 Å². The van der Waals surface area contributed by atoms with E-state index in [1.807, 2.05) is 6.07 Å². The zero-order valence-corrected chi connectivity index (χ0v) is 9.61. The lowest BCUT2D eigenvalue weighted by Gasteiger charge is -2.20. The summed E-state index contributed by atoms with van der Waals surface area (Å²) in [5.41, 5.74) is 2.49. The lowest BCUT2D eigenvalue weighted by atomic mass is 9.88. The van der Waals surface area contributed by atoms with Crippen molar-refractivity contribution in [3.63, 3.8) is 0 Å². The van der Waals surface area contributed by atoms with Gasteiger partial charge in [0.05, 0.1) is 6.10 Å². The Morgan fingerprint density at radius 3 is 2.73 bits per heavy atom. The number of fused-ring (bicyclic) bond motifs is 1. The minimum absolute atomic E-state index is 0.254. The first-order valence-corrected chi connectivity index (χ1v) is 5.94. The first-order valence-electron chi connectivity index (χ1n) is 5.94. The molecule has 82 valence electrons. The summed E-state index contributed by atoms with van der Waals surface area (Å²) in [6.07, 6.45) is 3.01. The van der Waals surface area contributed by atoms with Crippen molar-refractivity contribution in [2.24, 2.45) is 11.8 Å². The molecule has 2 rings (SSSR count). The summed E-state index contributed by atoms with van der Waals surface area (Å²) in [4.78, 5) is 0. The Kier molecular flexibility index (Phi) is 3.11. The fourth-order valence-corrected chi connectivity index (χ4v) is 2.56. The fraction of sp³-hybridized carbons (Fsp3) is 0.571. The molecule has 1 unspecified atom stereocenters. The van der Waals surface area contributed by atoms with Crippen LogP contribution in [0.25, 0.3) is 0 Å². The third-order valence-corrected chi connectivity index (χ3v) is 3.67. The van der Waals surface area contributed by atoms with Gasteiger partial charge in [0.25, 0.3) is 0 Å². The summed E-state index contributed by atoms with van der Waals surface area (Å²) in [5.74, 6) is 1.33. The van der Waals surface area contributed by atoms with Crippen LogP contribution in [0.3, 0.4) is 0 Å². The van der Waals surface area contributed by atoms with E-state index in [4.69, 9.17) is 0 Å². The molecular weight excluding hydrogens is 184 g/mol. The van der Waals surface area contributed by atoms with E-state index in [1.54, 1.807) is 0 Å². The molecule has 1 N–H and O–H groups in total. The van der Waals surface area contributed by atoms with E-state index in [-0.39, 0.29) is 6.10 Å². The molecule has 2 atom stereocenters. The van der Waals surface area contributed by atoms with E-state index in [0.29, 0.717) is 11.8 Å². The molecule has 0 amide bonds. The Morgan fingerprint density at radius 1 is 1.27 bits per heavy atom. The summed E-state index contributed by atoms with van der Waals surface area (Å²) >= 11 is 0. The monoisotopic (exact) mass is 204 g/mol. The van der Waals surface area contributed by atoms with Crippen LogP contribution in [0.15, 0.2) is 24.3 Å². The molecule has 1 aliphatic carbocycles. The SMILES string of the molecule is CC(C)C1CCc2ccccc2[C@@H](O)C1. The largest absolute Gasteiger partial charge is 0.388 e. The average molecular weight is 204 g/mol. The minimum Gasteiger partial charge on any atom is -0.388 e. The Hall–Kier alpha value is -0.820. The molecule has 0 saturated carbocycles. The number of benzene rings is 1. The minimum atomic E-state index is -0.254. The number of rotatable bonds is 1. The van der Waals surface area contributed by atoms with E-state index in [1.165, 1.54) is 12.0 Å². The number of hydrogen-bond donors (Lipinski definition) is 1. The van der Waals surface area contributed by atoms with Gasteiger partial charge in [0.2, 0.25) is 0 Å². The van der Waals surface area contributed by atoms with Crippen molar-refractivity contribution in [1.82, 2.24) is 0 Å². The highest BCUT2D eigenvalue weighted by molar-refractivity contribution is 5.30. The smallest absolute Gasteiger partial charge is 0.0795 e. The first-order chi connectivity index (χ1) is 7.18. The quantitative estimate of drug-likeness (QED) is 0.696. The highest BCUT2D eigenvalue weighted by atomic mass is 16.3. The van der Waals surface area contributed by atoms with Crippen molar-refractivity contribution in [3.8, 4) is 0 Å². The molecule has 1 aliphatic rings. The maximum absolute atomic E-state index is 10.2. The van der Waals surface area contributed by atoms with E-state index < -0.39 is 0 Å². The van der Waals surface area contributed by atoms with E-state index >= 15 is 0 Å². The van der Waals surface area contributed by atoms with E-state index in [9.17, 15) is 5.11 Å². The van der Waals surface area contributed by atoms with Crippen molar-refractivity contribution in [2.45, 2.75) is 39.2 Å².